The van der Waals surface area contributed by atoms with Gasteiger partial charge in [-0.25, -0.2) is 9.78 Å². The van der Waals surface area contributed by atoms with Crippen molar-refractivity contribution < 1.29 is 9.59 Å². The van der Waals surface area contributed by atoms with Gasteiger partial charge < -0.3 is 10.6 Å². The lowest BCUT2D eigenvalue weighted by Crippen LogP contribution is -2.28. The van der Waals surface area contributed by atoms with Crippen LogP contribution in [0.1, 0.15) is 25.3 Å². The van der Waals surface area contributed by atoms with Crippen LogP contribution in [0.3, 0.4) is 0 Å². The number of benzene rings is 1. The summed E-state index contributed by atoms with van der Waals surface area (Å²) >= 11 is 0. The Hall–Kier alpha value is -3.48. The van der Waals surface area contributed by atoms with Crippen LogP contribution in [-0.4, -0.2) is 28.5 Å². The molecule has 7 nitrogen and oxygen atoms in total. The van der Waals surface area contributed by atoms with E-state index >= 15 is 0 Å². The molecule has 0 spiro atoms. The van der Waals surface area contributed by atoms with E-state index in [0.717, 1.165) is 40.3 Å². The molecule has 3 N–H and O–H groups in total. The molecule has 7 heteroatoms. The normalized spacial score (nSPS) is 13.1. The Kier molecular flexibility index (Phi) is 5.37. The lowest BCUT2D eigenvalue weighted by Gasteiger charge is -2.14. The average Bonchev–Trinajstić information content (AvgIpc) is 3.58. The Morgan fingerprint density at radius 3 is 2.59 bits per heavy atom. The summed E-state index contributed by atoms with van der Waals surface area (Å²) in [7, 11) is 0. The number of rotatable bonds is 6. The van der Waals surface area contributed by atoms with Crippen molar-refractivity contribution in [1.82, 2.24) is 20.6 Å². The minimum atomic E-state index is -0.294. The predicted molar refractivity (Wildman–Crippen MR) is 112 cm³/mol. The minimum absolute atomic E-state index is 0.110. The zero-order valence-electron chi connectivity index (χ0n) is 16.2. The highest BCUT2D eigenvalue weighted by molar-refractivity contribution is 6.01. The molecule has 0 atom stereocenters. The third-order valence-electron chi connectivity index (χ3n) is 4.96. The number of hydrogen-bond acceptors (Lipinski definition) is 4. The number of hydrogen-bond donors (Lipinski definition) is 3. The molecule has 2 heterocycles. The third-order valence-corrected chi connectivity index (χ3v) is 4.96. The van der Waals surface area contributed by atoms with Crippen LogP contribution in [-0.2, 0) is 11.3 Å². The second-order valence-electron chi connectivity index (χ2n) is 7.10. The highest BCUT2D eigenvalue weighted by Gasteiger charge is 2.29. The number of urea groups is 1. The Morgan fingerprint density at radius 1 is 1.07 bits per heavy atom. The number of fused-ring (bicyclic) bond motifs is 1. The van der Waals surface area contributed by atoms with Crippen molar-refractivity contribution in [2.75, 3.05) is 11.9 Å². The van der Waals surface area contributed by atoms with E-state index in [-0.39, 0.29) is 17.9 Å². The molecule has 1 aliphatic carbocycles. The van der Waals surface area contributed by atoms with Gasteiger partial charge in [0.05, 0.1) is 0 Å². The highest BCUT2D eigenvalue weighted by Crippen LogP contribution is 2.32. The number of carbonyl (C=O) groups is 2. The number of aromatic nitrogens is 2. The lowest BCUT2D eigenvalue weighted by molar-refractivity contribution is -0.122. The molecule has 1 fully saturated rings. The number of amides is 3. The first-order valence-corrected chi connectivity index (χ1v) is 9.80. The minimum Gasteiger partial charge on any atom is -0.352 e. The van der Waals surface area contributed by atoms with E-state index in [4.69, 9.17) is 0 Å². The number of pyridine rings is 2. The van der Waals surface area contributed by atoms with Crippen molar-refractivity contribution in [2.24, 2.45) is 5.92 Å². The fourth-order valence-electron chi connectivity index (χ4n) is 3.30. The first kappa shape index (κ1) is 18.9. The van der Waals surface area contributed by atoms with Crippen LogP contribution in [0.5, 0.6) is 0 Å². The second kappa shape index (κ2) is 8.26. The number of nitrogens with zero attached hydrogens (tertiary/aromatic N) is 2. The molecule has 4 rings (SSSR count). The second-order valence-corrected chi connectivity index (χ2v) is 7.10. The summed E-state index contributed by atoms with van der Waals surface area (Å²) in [6.45, 7) is 2.84. The molecule has 148 valence electrons. The summed E-state index contributed by atoms with van der Waals surface area (Å²) in [5.74, 6) is 0.750. The van der Waals surface area contributed by atoms with Gasteiger partial charge in [0.15, 0.2) is 0 Å². The molecule has 0 unspecified atom stereocenters. The summed E-state index contributed by atoms with van der Waals surface area (Å²) in [5, 5.41) is 10.4. The Morgan fingerprint density at radius 2 is 1.86 bits per heavy atom. The third kappa shape index (κ3) is 4.34. The van der Waals surface area contributed by atoms with Gasteiger partial charge in [-0.1, -0.05) is 12.1 Å². The SMILES string of the molecule is CCNC(=O)Nc1cc2c(-c3ccncc3)ccc(CNC(=O)C3CC3)c2cn1. The van der Waals surface area contributed by atoms with E-state index in [2.05, 4.69) is 25.9 Å². The van der Waals surface area contributed by atoms with Crippen molar-refractivity contribution in [3.63, 3.8) is 0 Å². The van der Waals surface area contributed by atoms with E-state index in [1.807, 2.05) is 37.3 Å². The molecular weight excluding hydrogens is 366 g/mol. The average molecular weight is 389 g/mol. The molecule has 29 heavy (non-hydrogen) atoms. The molecule has 0 bridgehead atoms. The van der Waals surface area contributed by atoms with Crippen molar-refractivity contribution in [3.05, 3.63) is 54.5 Å². The van der Waals surface area contributed by atoms with Crippen LogP contribution in [0, 0.1) is 5.92 Å². The van der Waals surface area contributed by atoms with Crippen molar-refractivity contribution in [3.8, 4) is 11.1 Å². The fourth-order valence-corrected chi connectivity index (χ4v) is 3.30. The monoisotopic (exact) mass is 389 g/mol. The quantitative estimate of drug-likeness (QED) is 0.601. The van der Waals surface area contributed by atoms with Gasteiger partial charge in [0.1, 0.15) is 5.82 Å². The topological polar surface area (TPSA) is 96.0 Å². The Balaban J connectivity index is 1.72. The van der Waals surface area contributed by atoms with Gasteiger partial charge in [0.2, 0.25) is 5.91 Å². The molecule has 1 aliphatic rings. The van der Waals surface area contributed by atoms with Crippen LogP contribution >= 0.6 is 0 Å². The summed E-state index contributed by atoms with van der Waals surface area (Å²) in [5.41, 5.74) is 3.03. The van der Waals surface area contributed by atoms with Crippen molar-refractivity contribution in [1.29, 1.82) is 0 Å². The van der Waals surface area contributed by atoms with Gasteiger partial charge in [0, 0.05) is 43.0 Å². The smallest absolute Gasteiger partial charge is 0.320 e. The van der Waals surface area contributed by atoms with Gasteiger partial charge in [0.25, 0.3) is 0 Å². The van der Waals surface area contributed by atoms with E-state index in [1.165, 1.54) is 0 Å². The summed E-state index contributed by atoms with van der Waals surface area (Å²) in [4.78, 5) is 32.4. The summed E-state index contributed by atoms with van der Waals surface area (Å²) in [6.07, 6.45) is 7.20. The van der Waals surface area contributed by atoms with E-state index in [9.17, 15) is 9.59 Å². The van der Waals surface area contributed by atoms with Crippen LogP contribution in [0.25, 0.3) is 21.9 Å². The molecule has 3 amide bonds. The number of nitrogens with one attached hydrogen (secondary N) is 3. The van der Waals surface area contributed by atoms with E-state index in [0.29, 0.717) is 18.9 Å². The van der Waals surface area contributed by atoms with Crippen molar-refractivity contribution in [2.45, 2.75) is 26.3 Å². The molecule has 1 saturated carbocycles. The summed E-state index contributed by atoms with van der Waals surface area (Å²) < 4.78 is 0. The Labute approximate surface area is 168 Å². The van der Waals surface area contributed by atoms with Gasteiger partial charge in [-0.3, -0.25) is 15.1 Å². The molecule has 0 radical (unpaired) electrons. The zero-order chi connectivity index (χ0) is 20.2. The van der Waals surface area contributed by atoms with Gasteiger partial charge in [-0.2, -0.15) is 0 Å². The molecule has 2 aromatic heterocycles. The zero-order valence-corrected chi connectivity index (χ0v) is 16.2. The molecule has 1 aromatic carbocycles. The van der Waals surface area contributed by atoms with E-state index < -0.39 is 0 Å². The number of carbonyl (C=O) groups excluding carboxylic acids is 2. The maximum Gasteiger partial charge on any atom is 0.320 e. The molecule has 0 aliphatic heterocycles. The Bertz CT molecular complexity index is 1050. The van der Waals surface area contributed by atoms with Crippen LogP contribution in [0.2, 0.25) is 0 Å². The van der Waals surface area contributed by atoms with Crippen LogP contribution in [0.4, 0.5) is 10.6 Å². The van der Waals surface area contributed by atoms with Gasteiger partial charge in [-0.05, 0) is 60.0 Å². The first-order valence-electron chi connectivity index (χ1n) is 9.80. The van der Waals surface area contributed by atoms with Gasteiger partial charge in [-0.15, -0.1) is 0 Å². The highest BCUT2D eigenvalue weighted by atomic mass is 16.2. The van der Waals surface area contributed by atoms with E-state index in [1.54, 1.807) is 18.6 Å². The lowest BCUT2D eigenvalue weighted by atomic mass is 9.96. The fraction of sp³-hybridized carbons (Fsp3) is 0.273. The molecular formula is C22H23N5O2. The molecule has 0 saturated heterocycles. The maximum absolute atomic E-state index is 12.1. The largest absolute Gasteiger partial charge is 0.352 e. The van der Waals surface area contributed by atoms with Gasteiger partial charge >= 0.3 is 6.03 Å². The number of anilines is 1. The van der Waals surface area contributed by atoms with Crippen LogP contribution < -0.4 is 16.0 Å². The predicted octanol–water partition coefficient (Wildman–Crippen LogP) is 3.46. The summed E-state index contributed by atoms with van der Waals surface area (Å²) in [6, 6.07) is 9.52. The standard InChI is InChI=1S/C22H23N5O2/c1-2-24-22(29)27-20-11-18-17(14-7-9-23-10-8-14)6-5-16(19(18)13-25-20)12-26-21(28)15-3-4-15/h5-11,13,15H,2-4,12H2,1H3,(H,26,28)(H2,24,25,27,29). The first-order chi connectivity index (χ1) is 14.2. The van der Waals surface area contributed by atoms with Crippen LogP contribution in [0.15, 0.2) is 48.9 Å². The van der Waals surface area contributed by atoms with Crippen molar-refractivity contribution >= 4 is 28.5 Å². The molecule has 3 aromatic rings. The maximum atomic E-state index is 12.1.